The van der Waals surface area contributed by atoms with Crippen LogP contribution in [0.25, 0.3) is 31.3 Å². The van der Waals surface area contributed by atoms with Gasteiger partial charge in [0.2, 0.25) is 0 Å². The van der Waals surface area contributed by atoms with Crippen LogP contribution in [0.5, 0.6) is 46.0 Å². The number of carbonyl (C=O) groups excluding carboxylic acids is 2. The Bertz CT molecular complexity index is 4990. The molecule has 1 saturated heterocycles. The number of aryl methyl sites for hydroxylation is 4. The molecule has 0 atom stereocenters. The molecule has 0 unspecified atom stereocenters. The highest BCUT2D eigenvalue weighted by molar-refractivity contribution is 9.11. The zero-order chi connectivity index (χ0) is 76.6. The minimum atomic E-state index is -3.68. The summed E-state index contributed by atoms with van der Waals surface area (Å²) in [6.07, 6.45) is -14.6. The third kappa shape index (κ3) is 18.7. The molecule has 6 aromatic carbocycles. The van der Waals surface area contributed by atoms with Crippen molar-refractivity contribution in [1.82, 2.24) is 0 Å². The largest absolute Gasteiger partial charge is 0.586 e. The van der Waals surface area contributed by atoms with Crippen LogP contribution in [0.3, 0.4) is 0 Å². The van der Waals surface area contributed by atoms with E-state index in [1.807, 2.05) is 40.7 Å². The summed E-state index contributed by atoms with van der Waals surface area (Å²) in [5.74, 6) is -1.82. The first-order valence-electron chi connectivity index (χ1n) is 30.1. The zero-order valence-electron chi connectivity index (χ0n) is 55.1. The molecular weight excluding hydrogens is 1570 g/mol. The average Bonchev–Trinajstić information content (AvgIpc) is 1.61. The van der Waals surface area contributed by atoms with Crippen molar-refractivity contribution in [2.45, 2.75) is 91.8 Å². The van der Waals surface area contributed by atoms with Gasteiger partial charge in [0.15, 0.2) is 46.0 Å². The lowest BCUT2D eigenvalue weighted by Crippen LogP contribution is -2.41. The molecule has 0 radical (unpaired) electrons. The van der Waals surface area contributed by atoms with Crippen LogP contribution in [0.4, 0.5) is 63.9 Å². The number of thiophene rings is 4. The van der Waals surface area contributed by atoms with Crippen molar-refractivity contribution in [3.63, 3.8) is 0 Å². The lowest BCUT2D eigenvalue weighted by molar-refractivity contribution is -0.380. The first kappa shape index (κ1) is 77.9. The first-order valence-corrected chi connectivity index (χ1v) is 34.6. The van der Waals surface area contributed by atoms with E-state index in [1.54, 1.807) is 75.4 Å². The SMILES string of the molecule is Cc1cc2c(cc1-c1ccc(N)s1)OC(F)(F)O2.Cc1cc2c(cc1-c1ccc(NC(=O)c3ccccc3F)s1)OC(F)(F)O2.Cc1cc2c(cc1-c1ccc([N+](=O)[O-])s1)OC(F)(F)O2.Cc1cc2c(cc1B1OC(C)(C)C(C)(C)O1)OC(F)(F)O2.O=C(Cl)c1ccccc1F.O=[N+]([O-])c1ccc(Br)s1. The first-order chi connectivity index (χ1) is 49.0. The highest BCUT2D eigenvalue weighted by atomic mass is 79.9. The zero-order valence-corrected chi connectivity index (χ0v) is 60.7. The Kier molecular flexibility index (Phi) is 22.6. The van der Waals surface area contributed by atoms with E-state index in [0.717, 1.165) is 52.9 Å². The normalized spacial score (nSPS) is 15.9. The van der Waals surface area contributed by atoms with Gasteiger partial charge in [0.1, 0.15) is 11.6 Å². The number of fused-ring (bicyclic) bond motifs is 4. The summed E-state index contributed by atoms with van der Waals surface area (Å²) in [5.41, 5.74) is 10.2. The van der Waals surface area contributed by atoms with Crippen molar-refractivity contribution >= 4 is 117 Å². The van der Waals surface area contributed by atoms with E-state index in [4.69, 9.17) is 26.6 Å². The number of nitrogen functional groups attached to an aromatic ring is 1. The van der Waals surface area contributed by atoms with Gasteiger partial charge >= 0.3 is 42.3 Å². The van der Waals surface area contributed by atoms with Gasteiger partial charge in [-0.2, -0.15) is 0 Å². The Labute approximate surface area is 618 Å². The number of hydrogen-bond donors (Lipinski definition) is 2. The number of nitrogens with one attached hydrogen (secondary N) is 1. The fraction of sp³-hybridized carbons (Fsp3) is 0.206. The second-order valence-electron chi connectivity index (χ2n) is 23.5. The molecule has 0 aliphatic carbocycles. The monoisotopic (exact) mass is 1620 g/mol. The van der Waals surface area contributed by atoms with Gasteiger partial charge in [-0.3, -0.25) is 29.8 Å². The van der Waals surface area contributed by atoms with Gasteiger partial charge in [-0.15, -0.1) is 57.8 Å². The minimum absolute atomic E-state index is 0.00434. The summed E-state index contributed by atoms with van der Waals surface area (Å²) in [4.78, 5) is 44.6. The van der Waals surface area contributed by atoms with Crippen molar-refractivity contribution in [3.8, 4) is 77.3 Å². The summed E-state index contributed by atoms with van der Waals surface area (Å²) in [5, 5.41) is 23.9. The van der Waals surface area contributed by atoms with Gasteiger partial charge in [0, 0.05) is 26.8 Å². The molecule has 4 aromatic heterocycles. The third-order valence-electron chi connectivity index (χ3n) is 15.5. The van der Waals surface area contributed by atoms with E-state index in [1.165, 1.54) is 108 Å². The van der Waals surface area contributed by atoms with E-state index in [0.29, 0.717) is 42.6 Å². The number of rotatable bonds is 9. The number of benzene rings is 6. The molecule has 1 fully saturated rings. The van der Waals surface area contributed by atoms with Crippen LogP contribution in [0.2, 0.25) is 0 Å². The quantitative estimate of drug-likeness (QED) is 0.0448. The van der Waals surface area contributed by atoms with Crippen molar-refractivity contribution < 1.29 is 111 Å². The van der Waals surface area contributed by atoms with Gasteiger partial charge < -0.3 is 58.3 Å². The Morgan fingerprint density at radius 3 is 1.19 bits per heavy atom. The van der Waals surface area contributed by atoms with Crippen LogP contribution in [-0.4, -0.2) is 64.5 Å². The van der Waals surface area contributed by atoms with Gasteiger partial charge in [-0.25, -0.2) is 8.78 Å². The minimum Gasteiger partial charge on any atom is -0.399 e. The van der Waals surface area contributed by atoms with E-state index in [9.17, 15) is 73.7 Å². The van der Waals surface area contributed by atoms with E-state index >= 15 is 0 Å². The summed E-state index contributed by atoms with van der Waals surface area (Å²) < 4.78 is 179. The predicted molar refractivity (Wildman–Crippen MR) is 376 cm³/mol. The third-order valence-corrected chi connectivity index (χ3v) is 20.4. The molecule has 105 heavy (non-hydrogen) atoms. The molecule has 9 heterocycles. The van der Waals surface area contributed by atoms with Crippen molar-refractivity contribution in [3.05, 3.63) is 215 Å². The van der Waals surface area contributed by atoms with Crippen LogP contribution >= 0.6 is 72.9 Å². The maximum absolute atomic E-state index is 13.7. The molecule has 0 bridgehead atoms. The molecule has 20 nitrogen and oxygen atoms in total. The number of halogens is 12. The van der Waals surface area contributed by atoms with Crippen LogP contribution in [-0.2, 0) is 9.31 Å². The number of carbonyl (C=O) groups is 2. The molecule has 1 amide bonds. The molecule has 3 N–H and O–H groups in total. The van der Waals surface area contributed by atoms with Crippen LogP contribution < -0.4 is 54.4 Å². The molecule has 0 spiro atoms. The molecule has 10 aromatic rings. The maximum Gasteiger partial charge on any atom is 0.586 e. The Hall–Kier alpha value is -9.69. The molecule has 15 rings (SSSR count). The summed E-state index contributed by atoms with van der Waals surface area (Å²) in [6, 6.07) is 36.2. The fourth-order valence-electron chi connectivity index (χ4n) is 9.89. The number of ether oxygens (including phenoxy) is 8. The highest BCUT2D eigenvalue weighted by Gasteiger charge is 2.53. The van der Waals surface area contributed by atoms with Gasteiger partial charge in [-0.05, 0) is 237 Å². The highest BCUT2D eigenvalue weighted by Crippen LogP contribution is 2.50. The van der Waals surface area contributed by atoms with E-state index < -0.39 is 76.1 Å². The standard InChI is InChI=1S/C19H12F3NO3S.C14H17BF2O4.C12H7F2NO4S.C12H9F2NO2S.C7H4ClFO.C4H2BrNO2S/c1-10-8-14-15(26-19(21,22)25-14)9-12(10)16-6-7-17(27-16)23-18(24)11-4-2-3-5-13(11)20;1-8-6-10-11(19-14(16,17)18-10)7-9(8)15-20-12(2,3)13(4,5)21-15;1-6-4-8-9(19-12(13,14)18-8)5-7(6)10-2-3-11(20-10)15(16)17;1-6-4-8-9(17-12(13,14)16-8)5-7(6)10-2-3-11(15)18-10;8-7(10)5-3-1-2-4-6(5)9;5-3-1-2-4(9-3)6(7)8/h2-9H,1H3,(H,23,24);6-7H,1-5H3;2-5H,1H3;2-5H,15H2,1H3;1-4H;1-2H. The van der Waals surface area contributed by atoms with E-state index in [2.05, 4.69) is 59.1 Å². The second kappa shape index (κ2) is 30.4. The lowest BCUT2D eigenvalue weighted by atomic mass is 9.76. The average molecular weight is 1620 g/mol. The summed E-state index contributed by atoms with van der Waals surface area (Å²) in [6.45, 7) is 14.8. The Balaban J connectivity index is 0.000000140. The summed E-state index contributed by atoms with van der Waals surface area (Å²) >= 11 is 12.9. The van der Waals surface area contributed by atoms with E-state index in [-0.39, 0.29) is 67.1 Å². The fourth-order valence-corrected chi connectivity index (χ4v) is 14.0. The number of amides is 1. The van der Waals surface area contributed by atoms with Crippen molar-refractivity contribution in [1.29, 1.82) is 0 Å². The van der Waals surface area contributed by atoms with Crippen LogP contribution in [0.1, 0.15) is 70.7 Å². The molecule has 37 heteroatoms. The number of alkyl halides is 8. The topological polar surface area (TPSA) is 251 Å². The predicted octanol–water partition coefficient (Wildman–Crippen LogP) is 20.3. The molecule has 5 aliphatic heterocycles. The Morgan fingerprint density at radius 1 is 0.476 bits per heavy atom. The lowest BCUT2D eigenvalue weighted by Gasteiger charge is -2.32. The number of nitro groups is 2. The van der Waals surface area contributed by atoms with Gasteiger partial charge in [0.05, 0.1) is 46.0 Å². The van der Waals surface area contributed by atoms with Crippen LogP contribution in [0.15, 0.2) is 149 Å². The van der Waals surface area contributed by atoms with Crippen molar-refractivity contribution in [2.75, 3.05) is 11.1 Å². The van der Waals surface area contributed by atoms with Gasteiger partial charge in [0.25, 0.3) is 11.1 Å². The number of nitrogens with zero attached hydrogens (tertiary/aromatic N) is 2. The second-order valence-corrected chi connectivity index (χ2v) is 29.6. The maximum atomic E-state index is 13.7. The number of anilines is 2. The molecular formula is C68H51BBrClF10N4O16S4. The van der Waals surface area contributed by atoms with Crippen molar-refractivity contribution in [2.24, 2.45) is 0 Å². The van der Waals surface area contributed by atoms with Crippen LogP contribution in [0, 0.1) is 59.6 Å². The number of nitrogens with two attached hydrogens (primary N) is 1. The smallest absolute Gasteiger partial charge is 0.399 e. The molecule has 550 valence electrons. The Morgan fingerprint density at radius 2 is 0.829 bits per heavy atom. The van der Waals surface area contributed by atoms with Gasteiger partial charge in [-0.1, -0.05) is 46.9 Å². The molecule has 5 aliphatic rings. The number of hydrogen-bond acceptors (Lipinski definition) is 21. The summed E-state index contributed by atoms with van der Waals surface area (Å²) in [7, 11) is -0.627. The molecule has 0 saturated carbocycles.